The van der Waals surface area contributed by atoms with Gasteiger partial charge in [0.1, 0.15) is 0 Å². The van der Waals surface area contributed by atoms with Crippen molar-refractivity contribution < 1.29 is 0 Å². The Morgan fingerprint density at radius 3 is 2.17 bits per heavy atom. The van der Waals surface area contributed by atoms with E-state index in [0.717, 1.165) is 33.5 Å². The van der Waals surface area contributed by atoms with Crippen molar-refractivity contribution in [1.29, 1.82) is 5.26 Å². The van der Waals surface area contributed by atoms with Gasteiger partial charge in [-0.1, -0.05) is 74.5 Å². The summed E-state index contributed by atoms with van der Waals surface area (Å²) in [5.74, 6) is 0. The van der Waals surface area contributed by atoms with Crippen molar-refractivity contribution in [3.05, 3.63) is 102 Å². The summed E-state index contributed by atoms with van der Waals surface area (Å²) in [5.41, 5.74) is 9.62. The zero-order chi connectivity index (χ0) is 20.0. The standard InChI is InChI=1S/C27H20N2/c1-27(2)25-20(17-28)10-6-11-21(25)22-12-7-13-23(26(22)27)24-16-19(14-15-29-24)18-8-4-3-5-9-18/h3-16H,1-2H3. The molecule has 138 valence electrons. The van der Waals surface area contributed by atoms with Gasteiger partial charge in [-0.15, -0.1) is 0 Å². The number of pyridine rings is 1. The molecule has 5 rings (SSSR count). The molecule has 4 aromatic rings. The van der Waals surface area contributed by atoms with E-state index in [1.54, 1.807) is 0 Å². The number of hydrogen-bond acceptors (Lipinski definition) is 2. The van der Waals surface area contributed by atoms with Gasteiger partial charge in [0.15, 0.2) is 0 Å². The van der Waals surface area contributed by atoms with Gasteiger partial charge in [0.2, 0.25) is 0 Å². The molecule has 0 unspecified atom stereocenters. The van der Waals surface area contributed by atoms with Crippen LogP contribution in [0.3, 0.4) is 0 Å². The predicted molar refractivity (Wildman–Crippen MR) is 117 cm³/mol. The number of benzene rings is 3. The van der Waals surface area contributed by atoms with Crippen molar-refractivity contribution in [2.75, 3.05) is 0 Å². The maximum Gasteiger partial charge on any atom is 0.0995 e. The average molecular weight is 372 g/mol. The number of nitriles is 1. The smallest absolute Gasteiger partial charge is 0.0995 e. The van der Waals surface area contributed by atoms with Gasteiger partial charge < -0.3 is 0 Å². The zero-order valence-corrected chi connectivity index (χ0v) is 16.5. The normalized spacial score (nSPS) is 13.4. The van der Waals surface area contributed by atoms with Gasteiger partial charge in [-0.3, -0.25) is 4.98 Å². The number of fused-ring (bicyclic) bond motifs is 3. The third-order valence-electron chi connectivity index (χ3n) is 5.93. The molecule has 0 radical (unpaired) electrons. The lowest BCUT2D eigenvalue weighted by Gasteiger charge is -2.25. The fraction of sp³-hybridized carbons (Fsp3) is 0.111. The summed E-state index contributed by atoms with van der Waals surface area (Å²) >= 11 is 0. The summed E-state index contributed by atoms with van der Waals surface area (Å²) < 4.78 is 0. The lowest BCUT2D eigenvalue weighted by molar-refractivity contribution is 0.660. The van der Waals surface area contributed by atoms with Crippen LogP contribution in [0.25, 0.3) is 33.5 Å². The summed E-state index contributed by atoms with van der Waals surface area (Å²) in [7, 11) is 0. The highest BCUT2D eigenvalue weighted by Gasteiger charge is 2.39. The van der Waals surface area contributed by atoms with E-state index in [2.05, 4.69) is 80.6 Å². The second-order valence-electron chi connectivity index (χ2n) is 7.99. The molecular weight excluding hydrogens is 352 g/mol. The van der Waals surface area contributed by atoms with Gasteiger partial charge in [-0.25, -0.2) is 0 Å². The Balaban J connectivity index is 1.74. The van der Waals surface area contributed by atoms with Gasteiger partial charge in [0, 0.05) is 17.2 Å². The van der Waals surface area contributed by atoms with Crippen molar-refractivity contribution in [2.45, 2.75) is 19.3 Å². The molecule has 1 heterocycles. The first-order valence-corrected chi connectivity index (χ1v) is 9.80. The minimum atomic E-state index is -0.266. The monoisotopic (exact) mass is 372 g/mol. The van der Waals surface area contributed by atoms with Crippen LogP contribution in [-0.4, -0.2) is 4.98 Å². The molecule has 0 saturated heterocycles. The van der Waals surface area contributed by atoms with Crippen molar-refractivity contribution >= 4 is 0 Å². The first-order valence-electron chi connectivity index (χ1n) is 9.80. The Morgan fingerprint density at radius 2 is 1.41 bits per heavy atom. The number of rotatable bonds is 2. The van der Waals surface area contributed by atoms with E-state index in [1.807, 2.05) is 24.4 Å². The average Bonchev–Trinajstić information content (AvgIpc) is 3.02. The van der Waals surface area contributed by atoms with Crippen LogP contribution < -0.4 is 0 Å². The van der Waals surface area contributed by atoms with E-state index >= 15 is 0 Å². The summed E-state index contributed by atoms with van der Waals surface area (Å²) in [5, 5.41) is 9.70. The fourth-order valence-electron chi connectivity index (χ4n) is 4.72. The minimum Gasteiger partial charge on any atom is -0.256 e. The minimum absolute atomic E-state index is 0.266. The highest BCUT2D eigenvalue weighted by Crippen LogP contribution is 2.53. The molecule has 0 fully saturated rings. The molecule has 0 bridgehead atoms. The Kier molecular flexibility index (Phi) is 3.86. The second kappa shape index (κ2) is 6.43. The first kappa shape index (κ1) is 17.4. The van der Waals surface area contributed by atoms with Crippen molar-refractivity contribution in [3.63, 3.8) is 0 Å². The molecular formula is C27H20N2. The Morgan fingerprint density at radius 1 is 0.724 bits per heavy atom. The quantitative estimate of drug-likeness (QED) is 0.398. The topological polar surface area (TPSA) is 36.7 Å². The first-order chi connectivity index (χ1) is 14.1. The maximum absolute atomic E-state index is 9.70. The molecule has 2 nitrogen and oxygen atoms in total. The number of nitrogens with zero attached hydrogens (tertiary/aromatic N) is 2. The van der Waals surface area contributed by atoms with E-state index < -0.39 is 0 Å². The van der Waals surface area contributed by atoms with Crippen LogP contribution in [0.2, 0.25) is 0 Å². The van der Waals surface area contributed by atoms with Crippen molar-refractivity contribution in [1.82, 2.24) is 4.98 Å². The lowest BCUT2D eigenvalue weighted by atomic mass is 9.78. The molecule has 0 spiro atoms. The van der Waals surface area contributed by atoms with Gasteiger partial charge in [0.25, 0.3) is 0 Å². The van der Waals surface area contributed by atoms with E-state index in [0.29, 0.717) is 0 Å². The molecule has 0 amide bonds. The highest BCUT2D eigenvalue weighted by atomic mass is 14.7. The SMILES string of the molecule is CC1(C)c2c(C#N)cccc2-c2cccc(-c3cc(-c4ccccc4)ccn3)c21. The zero-order valence-electron chi connectivity index (χ0n) is 16.5. The lowest BCUT2D eigenvalue weighted by Crippen LogP contribution is -2.18. The van der Waals surface area contributed by atoms with Gasteiger partial charge in [-0.05, 0) is 51.6 Å². The van der Waals surface area contributed by atoms with Crippen molar-refractivity contribution in [2.24, 2.45) is 0 Å². The van der Waals surface area contributed by atoms with Crippen LogP contribution in [0.5, 0.6) is 0 Å². The number of aromatic nitrogens is 1. The summed E-state index contributed by atoms with van der Waals surface area (Å²) in [4.78, 5) is 4.72. The van der Waals surface area contributed by atoms with E-state index in [-0.39, 0.29) is 5.41 Å². The molecule has 1 aliphatic carbocycles. The van der Waals surface area contributed by atoms with E-state index in [1.165, 1.54) is 16.7 Å². The van der Waals surface area contributed by atoms with Crippen LogP contribution in [0.4, 0.5) is 0 Å². The molecule has 0 saturated carbocycles. The van der Waals surface area contributed by atoms with Crippen LogP contribution >= 0.6 is 0 Å². The third-order valence-corrected chi connectivity index (χ3v) is 5.93. The van der Waals surface area contributed by atoms with Gasteiger partial charge in [-0.2, -0.15) is 5.26 Å². The van der Waals surface area contributed by atoms with Gasteiger partial charge >= 0.3 is 0 Å². The fourth-order valence-corrected chi connectivity index (χ4v) is 4.72. The largest absolute Gasteiger partial charge is 0.256 e. The molecule has 0 atom stereocenters. The molecule has 1 aliphatic rings. The van der Waals surface area contributed by atoms with Crippen LogP contribution in [-0.2, 0) is 5.41 Å². The third kappa shape index (κ3) is 2.59. The molecule has 1 aromatic heterocycles. The molecule has 3 aromatic carbocycles. The van der Waals surface area contributed by atoms with Crippen LogP contribution in [0.15, 0.2) is 85.1 Å². The Labute approximate surface area is 171 Å². The van der Waals surface area contributed by atoms with Crippen molar-refractivity contribution in [3.8, 4) is 39.6 Å². The van der Waals surface area contributed by atoms with Crippen LogP contribution in [0, 0.1) is 11.3 Å². The molecule has 2 heteroatoms. The summed E-state index contributed by atoms with van der Waals surface area (Å²) in [6.45, 7) is 4.42. The Hall–Kier alpha value is -3.70. The number of hydrogen-bond donors (Lipinski definition) is 0. The Bertz CT molecular complexity index is 1280. The predicted octanol–water partition coefficient (Wildman–Crippen LogP) is 6.59. The highest BCUT2D eigenvalue weighted by molar-refractivity contribution is 5.89. The summed E-state index contributed by atoms with van der Waals surface area (Å²) in [6, 6.07) is 29.4. The van der Waals surface area contributed by atoms with E-state index in [9.17, 15) is 5.26 Å². The molecule has 0 N–H and O–H groups in total. The van der Waals surface area contributed by atoms with Gasteiger partial charge in [0.05, 0.1) is 17.3 Å². The maximum atomic E-state index is 9.70. The van der Waals surface area contributed by atoms with E-state index in [4.69, 9.17) is 4.98 Å². The molecule has 29 heavy (non-hydrogen) atoms. The second-order valence-corrected chi connectivity index (χ2v) is 7.99. The molecule has 0 aliphatic heterocycles. The van der Waals surface area contributed by atoms with Crippen LogP contribution in [0.1, 0.15) is 30.5 Å². The summed E-state index contributed by atoms with van der Waals surface area (Å²) in [6.07, 6.45) is 1.88.